The number of unbranched alkanes of at least 4 members (excludes halogenated alkanes) is 1. The molecule has 2 atom stereocenters. The second-order valence-electron chi connectivity index (χ2n) is 4.57. The Morgan fingerprint density at radius 3 is 2.76 bits per heavy atom. The summed E-state index contributed by atoms with van der Waals surface area (Å²) in [6.07, 6.45) is 8.34. The molecule has 0 aromatic carbocycles. The number of aliphatic hydroxyl groups is 1. The normalized spacial score (nSPS) is 14.6. The van der Waals surface area contributed by atoms with Crippen molar-refractivity contribution in [1.29, 1.82) is 0 Å². The number of hydrogen-bond acceptors (Lipinski definition) is 2. The molecular formula is C14H22ClNO. The molecule has 1 heterocycles. The molecule has 0 amide bonds. The molecule has 1 rings (SSSR count). The highest BCUT2D eigenvalue weighted by Crippen LogP contribution is 2.29. The third-order valence-corrected chi connectivity index (χ3v) is 3.58. The fourth-order valence-electron chi connectivity index (χ4n) is 2.08. The van der Waals surface area contributed by atoms with Crippen molar-refractivity contribution in [2.75, 3.05) is 0 Å². The van der Waals surface area contributed by atoms with E-state index in [9.17, 15) is 5.11 Å². The highest BCUT2D eigenvalue weighted by atomic mass is 35.5. The van der Waals surface area contributed by atoms with Gasteiger partial charge in [-0.05, 0) is 18.4 Å². The lowest BCUT2D eigenvalue weighted by atomic mass is 9.91. The summed E-state index contributed by atoms with van der Waals surface area (Å²) in [6, 6.07) is 1.81. The van der Waals surface area contributed by atoms with E-state index in [4.69, 9.17) is 11.6 Å². The summed E-state index contributed by atoms with van der Waals surface area (Å²) in [5.41, 5.74) is 0.802. The number of pyridine rings is 1. The zero-order valence-corrected chi connectivity index (χ0v) is 11.5. The highest BCUT2D eigenvalue weighted by molar-refractivity contribution is 6.31. The summed E-state index contributed by atoms with van der Waals surface area (Å²) in [4.78, 5) is 3.93. The third-order valence-electron chi connectivity index (χ3n) is 3.26. The predicted molar refractivity (Wildman–Crippen MR) is 72.1 cm³/mol. The molecule has 1 aromatic heterocycles. The molecule has 0 saturated carbocycles. The summed E-state index contributed by atoms with van der Waals surface area (Å²) in [7, 11) is 0. The molecule has 17 heavy (non-hydrogen) atoms. The molecular weight excluding hydrogens is 234 g/mol. The standard InChI is InChI=1S/C14H22ClNO/c1-3-5-6-11(4-2)9-14(17)12-7-8-16-10-13(12)15/h7-8,10-11,14,17H,3-6,9H2,1-2H3. The van der Waals surface area contributed by atoms with Gasteiger partial charge in [-0.1, -0.05) is 51.1 Å². The van der Waals surface area contributed by atoms with Crippen LogP contribution in [0.1, 0.15) is 57.6 Å². The van der Waals surface area contributed by atoms with E-state index in [1.165, 1.54) is 19.3 Å². The molecule has 0 fully saturated rings. The number of halogens is 1. The maximum Gasteiger partial charge on any atom is 0.0808 e. The predicted octanol–water partition coefficient (Wildman–Crippen LogP) is 4.37. The van der Waals surface area contributed by atoms with Crippen molar-refractivity contribution in [1.82, 2.24) is 4.98 Å². The van der Waals surface area contributed by atoms with Crippen molar-refractivity contribution in [3.63, 3.8) is 0 Å². The van der Waals surface area contributed by atoms with Gasteiger partial charge < -0.3 is 5.11 Å². The van der Waals surface area contributed by atoms with Crippen LogP contribution in [-0.2, 0) is 0 Å². The van der Waals surface area contributed by atoms with E-state index in [-0.39, 0.29) is 0 Å². The molecule has 0 aliphatic carbocycles. The van der Waals surface area contributed by atoms with Gasteiger partial charge in [-0.3, -0.25) is 4.98 Å². The average molecular weight is 256 g/mol. The molecule has 0 aliphatic rings. The summed E-state index contributed by atoms with van der Waals surface area (Å²) in [5.74, 6) is 0.578. The van der Waals surface area contributed by atoms with Gasteiger partial charge in [0.2, 0.25) is 0 Å². The first kappa shape index (κ1) is 14.5. The third kappa shape index (κ3) is 4.64. The Bertz CT molecular complexity index is 330. The fraction of sp³-hybridized carbons (Fsp3) is 0.643. The first-order valence-corrected chi connectivity index (χ1v) is 6.84. The van der Waals surface area contributed by atoms with E-state index in [1.54, 1.807) is 18.5 Å². The Morgan fingerprint density at radius 2 is 2.18 bits per heavy atom. The minimum Gasteiger partial charge on any atom is -0.388 e. The topological polar surface area (TPSA) is 33.1 Å². The molecule has 0 spiro atoms. The minimum atomic E-state index is -0.465. The van der Waals surface area contributed by atoms with Crippen molar-refractivity contribution in [2.45, 2.75) is 52.1 Å². The van der Waals surface area contributed by atoms with Crippen LogP contribution >= 0.6 is 11.6 Å². The van der Waals surface area contributed by atoms with Crippen LogP contribution in [-0.4, -0.2) is 10.1 Å². The largest absolute Gasteiger partial charge is 0.388 e. The molecule has 2 nitrogen and oxygen atoms in total. The number of rotatable bonds is 7. The van der Waals surface area contributed by atoms with E-state index in [0.717, 1.165) is 18.4 Å². The Balaban J connectivity index is 2.58. The van der Waals surface area contributed by atoms with Crippen molar-refractivity contribution in [3.8, 4) is 0 Å². The van der Waals surface area contributed by atoms with Gasteiger partial charge in [0.25, 0.3) is 0 Å². The molecule has 0 saturated heterocycles. The Labute approximate surface area is 109 Å². The number of aromatic nitrogens is 1. The Morgan fingerprint density at radius 1 is 1.41 bits per heavy atom. The number of hydrogen-bond donors (Lipinski definition) is 1. The molecule has 2 unspecified atom stereocenters. The van der Waals surface area contributed by atoms with Gasteiger partial charge in [-0.2, -0.15) is 0 Å². The number of aliphatic hydroxyl groups excluding tert-OH is 1. The average Bonchev–Trinajstić information content (AvgIpc) is 2.34. The van der Waals surface area contributed by atoms with E-state index in [0.29, 0.717) is 10.9 Å². The smallest absolute Gasteiger partial charge is 0.0808 e. The molecule has 1 aromatic rings. The molecule has 0 aliphatic heterocycles. The second kappa shape index (κ2) is 7.67. The SMILES string of the molecule is CCCCC(CC)CC(O)c1ccncc1Cl. The fourth-order valence-corrected chi connectivity index (χ4v) is 2.33. The summed E-state index contributed by atoms with van der Waals surface area (Å²) < 4.78 is 0. The second-order valence-corrected chi connectivity index (χ2v) is 4.97. The van der Waals surface area contributed by atoms with Crippen LogP contribution in [0.4, 0.5) is 0 Å². The lowest BCUT2D eigenvalue weighted by Gasteiger charge is -2.19. The van der Waals surface area contributed by atoms with Crippen molar-refractivity contribution < 1.29 is 5.11 Å². The van der Waals surface area contributed by atoms with Crippen LogP contribution in [0.15, 0.2) is 18.5 Å². The van der Waals surface area contributed by atoms with Gasteiger partial charge in [-0.25, -0.2) is 0 Å². The maximum atomic E-state index is 10.2. The molecule has 0 radical (unpaired) electrons. The highest BCUT2D eigenvalue weighted by Gasteiger charge is 2.16. The van der Waals surface area contributed by atoms with E-state index >= 15 is 0 Å². The number of nitrogens with zero attached hydrogens (tertiary/aromatic N) is 1. The summed E-state index contributed by atoms with van der Waals surface area (Å²) in [6.45, 7) is 4.38. The zero-order valence-electron chi connectivity index (χ0n) is 10.7. The van der Waals surface area contributed by atoms with Crippen LogP contribution in [0, 0.1) is 5.92 Å². The first-order chi connectivity index (χ1) is 8.19. The van der Waals surface area contributed by atoms with Crippen LogP contribution in [0.3, 0.4) is 0 Å². The Hall–Kier alpha value is -0.600. The quantitative estimate of drug-likeness (QED) is 0.785. The van der Waals surface area contributed by atoms with E-state index in [2.05, 4.69) is 18.8 Å². The molecule has 0 bridgehead atoms. The van der Waals surface area contributed by atoms with Gasteiger partial charge in [0.05, 0.1) is 11.1 Å². The Kier molecular flexibility index (Phi) is 6.53. The van der Waals surface area contributed by atoms with Gasteiger partial charge in [0, 0.05) is 18.0 Å². The summed E-state index contributed by atoms with van der Waals surface area (Å²) in [5, 5.41) is 10.8. The van der Waals surface area contributed by atoms with Crippen molar-refractivity contribution in [3.05, 3.63) is 29.0 Å². The first-order valence-electron chi connectivity index (χ1n) is 6.46. The van der Waals surface area contributed by atoms with Crippen LogP contribution in [0.25, 0.3) is 0 Å². The zero-order chi connectivity index (χ0) is 12.7. The molecule has 3 heteroatoms. The van der Waals surface area contributed by atoms with Gasteiger partial charge >= 0.3 is 0 Å². The summed E-state index contributed by atoms with van der Waals surface area (Å²) >= 11 is 6.03. The van der Waals surface area contributed by atoms with E-state index in [1.807, 2.05) is 0 Å². The lowest BCUT2D eigenvalue weighted by molar-refractivity contribution is 0.139. The van der Waals surface area contributed by atoms with Crippen molar-refractivity contribution in [2.24, 2.45) is 5.92 Å². The monoisotopic (exact) mass is 255 g/mol. The van der Waals surface area contributed by atoms with Crippen LogP contribution in [0.2, 0.25) is 5.02 Å². The van der Waals surface area contributed by atoms with Crippen LogP contribution in [0.5, 0.6) is 0 Å². The van der Waals surface area contributed by atoms with E-state index < -0.39 is 6.10 Å². The molecule has 1 N–H and O–H groups in total. The molecule has 96 valence electrons. The van der Waals surface area contributed by atoms with Crippen molar-refractivity contribution >= 4 is 11.6 Å². The lowest BCUT2D eigenvalue weighted by Crippen LogP contribution is -2.07. The minimum absolute atomic E-state index is 0.465. The van der Waals surface area contributed by atoms with Crippen LogP contribution < -0.4 is 0 Å². The van der Waals surface area contributed by atoms with Gasteiger partial charge in [0.15, 0.2) is 0 Å². The van der Waals surface area contributed by atoms with Gasteiger partial charge in [0.1, 0.15) is 0 Å². The maximum absolute atomic E-state index is 10.2. The van der Waals surface area contributed by atoms with Gasteiger partial charge in [-0.15, -0.1) is 0 Å².